The Morgan fingerprint density at radius 3 is 2.45 bits per heavy atom. The zero-order valence-electron chi connectivity index (χ0n) is 17.4. The third-order valence-corrected chi connectivity index (χ3v) is 2.86. The van der Waals surface area contributed by atoms with Crippen LogP contribution in [-0.2, 0) is 6.18 Å². The summed E-state index contributed by atoms with van der Waals surface area (Å²) in [7, 11) is 0. The Balaban J connectivity index is 2.35. The van der Waals surface area contributed by atoms with E-state index in [9.17, 15) is 13.2 Å². The third kappa shape index (κ3) is 4.49. The van der Waals surface area contributed by atoms with Crippen LogP contribution in [0.4, 0.5) is 13.2 Å². The van der Waals surface area contributed by atoms with Crippen molar-refractivity contribution in [3.05, 3.63) is 65.7 Å². The molecule has 2 aromatic rings. The van der Waals surface area contributed by atoms with Gasteiger partial charge in [0.1, 0.15) is 11.8 Å². The first-order valence-corrected chi connectivity index (χ1v) is 6.41. The van der Waals surface area contributed by atoms with E-state index in [-0.39, 0.29) is 11.3 Å². The fourth-order valence-corrected chi connectivity index (χ4v) is 1.80. The number of ether oxygens (including phenoxy) is 1. The number of alkyl halides is 3. The third-order valence-electron chi connectivity index (χ3n) is 2.86. The van der Waals surface area contributed by atoms with Gasteiger partial charge in [-0.05, 0) is 43.3 Å². The minimum absolute atomic E-state index is 0.0865. The van der Waals surface area contributed by atoms with Gasteiger partial charge in [-0.25, -0.2) is 0 Å². The molecule has 2 rings (SSSR count). The zero-order chi connectivity index (χ0) is 21.2. The average molecular weight is 315 g/mol. The summed E-state index contributed by atoms with van der Waals surface area (Å²) in [6, 6.07) is 11.4. The number of benzene rings is 2. The van der Waals surface area contributed by atoms with Crippen LogP contribution in [0.25, 0.3) is 0 Å². The first kappa shape index (κ1) is 9.90. The van der Waals surface area contributed by atoms with Crippen LogP contribution in [0.2, 0.25) is 0 Å². The number of nitrogens with one attached hydrogen (secondary N) is 1. The van der Waals surface area contributed by atoms with Gasteiger partial charge in [-0.3, -0.25) is 0 Å². The fraction of sp³-hybridized carbons (Fsp3) is 0.294. The molecule has 0 spiro atoms. The number of hydrogen-bond donors (Lipinski definition) is 1. The van der Waals surface area contributed by atoms with Crippen molar-refractivity contribution in [3.8, 4) is 5.75 Å². The molecule has 0 radical (unpaired) electrons. The molecule has 5 heteroatoms. The standard InChI is InChI=1S/C17H18F3NO/c1-21-12-11-16(13-5-3-2-4-6-13)22-15-9-7-14(8-10-15)17(18,19)20/h2-10,16,21H,11-12H2,1H3/i1D3,12D2,16D. The van der Waals surface area contributed by atoms with E-state index in [0.717, 1.165) is 24.3 Å². The maximum absolute atomic E-state index is 12.7. The minimum atomic E-state index is -4.53. The Hall–Kier alpha value is -2.01. The average Bonchev–Trinajstić information content (AvgIpc) is 2.52. The van der Waals surface area contributed by atoms with E-state index in [1.807, 2.05) is 5.32 Å². The van der Waals surface area contributed by atoms with Crippen LogP contribution in [0.3, 0.4) is 0 Å². The Bertz CT molecular complexity index is 780. The summed E-state index contributed by atoms with van der Waals surface area (Å²) < 4.78 is 89.7. The van der Waals surface area contributed by atoms with Crippen molar-refractivity contribution in [1.29, 1.82) is 0 Å². The second kappa shape index (κ2) is 7.31. The number of halogens is 3. The van der Waals surface area contributed by atoms with Gasteiger partial charge in [0, 0.05) is 13.3 Å². The van der Waals surface area contributed by atoms with Crippen LogP contribution in [0, 0.1) is 0 Å². The van der Waals surface area contributed by atoms with Crippen molar-refractivity contribution in [1.82, 2.24) is 5.32 Å². The highest BCUT2D eigenvalue weighted by Crippen LogP contribution is 2.31. The van der Waals surface area contributed by atoms with E-state index < -0.39 is 37.7 Å². The molecule has 0 aliphatic heterocycles. The van der Waals surface area contributed by atoms with Gasteiger partial charge in [0.25, 0.3) is 0 Å². The zero-order valence-corrected chi connectivity index (χ0v) is 11.4. The molecule has 0 aromatic heterocycles. The summed E-state index contributed by atoms with van der Waals surface area (Å²) in [6.07, 6.45) is -7.36. The van der Waals surface area contributed by atoms with Crippen molar-refractivity contribution in [3.63, 3.8) is 0 Å². The van der Waals surface area contributed by atoms with Gasteiger partial charge in [0.05, 0.1) is 6.93 Å². The van der Waals surface area contributed by atoms with Crippen molar-refractivity contribution in [2.24, 2.45) is 0 Å². The van der Waals surface area contributed by atoms with Crippen molar-refractivity contribution < 1.29 is 26.1 Å². The molecule has 0 bridgehead atoms. The summed E-state index contributed by atoms with van der Waals surface area (Å²) in [4.78, 5) is 0. The largest absolute Gasteiger partial charge is 0.486 e. The summed E-state index contributed by atoms with van der Waals surface area (Å²) in [5, 5.41) is 1.82. The predicted octanol–water partition coefficient (Wildman–Crippen LogP) is 4.44. The van der Waals surface area contributed by atoms with Gasteiger partial charge in [-0.15, -0.1) is 0 Å². The molecular formula is C17H18F3NO. The molecule has 0 saturated carbocycles. The Labute approximate surface area is 136 Å². The lowest BCUT2D eigenvalue weighted by Gasteiger charge is -2.20. The van der Waals surface area contributed by atoms with Crippen molar-refractivity contribution in [2.45, 2.75) is 18.7 Å². The smallest absolute Gasteiger partial charge is 0.416 e. The Kier molecular flexibility index (Phi) is 3.29. The van der Waals surface area contributed by atoms with Gasteiger partial charge < -0.3 is 10.1 Å². The number of rotatable bonds is 6. The fourth-order valence-electron chi connectivity index (χ4n) is 1.80. The van der Waals surface area contributed by atoms with Gasteiger partial charge >= 0.3 is 6.18 Å². The molecule has 0 fully saturated rings. The van der Waals surface area contributed by atoms with E-state index in [1.54, 1.807) is 18.2 Å². The molecule has 22 heavy (non-hydrogen) atoms. The van der Waals surface area contributed by atoms with Crippen LogP contribution >= 0.6 is 0 Å². The monoisotopic (exact) mass is 315 g/mol. The van der Waals surface area contributed by atoms with Crippen LogP contribution in [0.15, 0.2) is 54.6 Å². The topological polar surface area (TPSA) is 21.3 Å². The molecule has 1 N–H and O–H groups in total. The molecule has 1 atom stereocenters. The van der Waals surface area contributed by atoms with Crippen LogP contribution in [0.1, 0.15) is 31.9 Å². The van der Waals surface area contributed by atoms with Crippen LogP contribution < -0.4 is 10.1 Å². The maximum Gasteiger partial charge on any atom is 0.416 e. The maximum atomic E-state index is 12.7. The molecule has 2 aromatic carbocycles. The quantitative estimate of drug-likeness (QED) is 0.851. The highest BCUT2D eigenvalue weighted by Gasteiger charge is 2.30. The van der Waals surface area contributed by atoms with Gasteiger partial charge in [-0.1, -0.05) is 30.3 Å². The minimum Gasteiger partial charge on any atom is -0.486 e. The molecule has 0 heterocycles. The first-order valence-electron chi connectivity index (χ1n) is 9.41. The van der Waals surface area contributed by atoms with Gasteiger partial charge in [0.2, 0.25) is 0 Å². The molecule has 1 unspecified atom stereocenters. The molecule has 0 aliphatic rings. The number of hydrogen-bond acceptors (Lipinski definition) is 2. The van der Waals surface area contributed by atoms with E-state index in [0.29, 0.717) is 0 Å². The van der Waals surface area contributed by atoms with Gasteiger partial charge in [0.15, 0.2) is 0 Å². The highest BCUT2D eigenvalue weighted by molar-refractivity contribution is 5.30. The lowest BCUT2D eigenvalue weighted by atomic mass is 10.1. The van der Waals surface area contributed by atoms with Crippen molar-refractivity contribution >= 4 is 0 Å². The van der Waals surface area contributed by atoms with E-state index in [2.05, 4.69) is 0 Å². The van der Waals surface area contributed by atoms with Crippen LogP contribution in [-0.4, -0.2) is 13.5 Å². The van der Waals surface area contributed by atoms with E-state index >= 15 is 0 Å². The highest BCUT2D eigenvalue weighted by atomic mass is 19.4. The normalized spacial score (nSPS) is 19.6. The molecular weight excluding hydrogens is 291 g/mol. The summed E-state index contributed by atoms with van der Waals surface area (Å²) in [6.45, 7) is -5.32. The second-order valence-electron chi connectivity index (χ2n) is 4.39. The molecule has 2 nitrogen and oxygen atoms in total. The Morgan fingerprint density at radius 2 is 1.86 bits per heavy atom. The van der Waals surface area contributed by atoms with Crippen molar-refractivity contribution in [2.75, 3.05) is 13.5 Å². The summed E-state index contributed by atoms with van der Waals surface area (Å²) in [5.74, 6) is -0.0865. The van der Waals surface area contributed by atoms with E-state index in [4.69, 9.17) is 13.0 Å². The van der Waals surface area contributed by atoms with E-state index in [1.165, 1.54) is 12.1 Å². The Morgan fingerprint density at radius 1 is 1.18 bits per heavy atom. The second-order valence-corrected chi connectivity index (χ2v) is 4.39. The SMILES string of the molecule is [2H]C([2H])([2H])NC([2H])([2H])CC([2H])(Oc1ccc(C(F)(F)F)cc1)c1ccccc1. The first-order chi connectivity index (χ1) is 12.7. The predicted molar refractivity (Wildman–Crippen MR) is 79.8 cm³/mol. The summed E-state index contributed by atoms with van der Waals surface area (Å²) in [5.41, 5.74) is -0.680. The van der Waals surface area contributed by atoms with Crippen LogP contribution in [0.5, 0.6) is 5.75 Å². The molecule has 118 valence electrons. The molecule has 0 amide bonds. The summed E-state index contributed by atoms with van der Waals surface area (Å²) >= 11 is 0. The lowest BCUT2D eigenvalue weighted by molar-refractivity contribution is -0.137. The molecule has 0 aliphatic carbocycles. The molecule has 0 saturated heterocycles. The lowest BCUT2D eigenvalue weighted by Crippen LogP contribution is -2.16. The van der Waals surface area contributed by atoms with Gasteiger partial charge in [-0.2, -0.15) is 13.2 Å².